The lowest BCUT2D eigenvalue weighted by Gasteiger charge is -2.19. The van der Waals surface area contributed by atoms with Crippen molar-refractivity contribution in [2.75, 3.05) is 6.54 Å². The first-order valence-electron chi connectivity index (χ1n) is 7.13. The summed E-state index contributed by atoms with van der Waals surface area (Å²) >= 11 is 1.57. The fourth-order valence-electron chi connectivity index (χ4n) is 1.79. The third kappa shape index (κ3) is 6.71. The highest BCUT2D eigenvalue weighted by molar-refractivity contribution is 7.11. The number of aromatic nitrogens is 1. The molecule has 0 fully saturated rings. The van der Waals surface area contributed by atoms with Gasteiger partial charge in [-0.25, -0.2) is 9.78 Å². The van der Waals surface area contributed by atoms with E-state index in [1.165, 1.54) is 6.92 Å². The van der Waals surface area contributed by atoms with Gasteiger partial charge in [-0.3, -0.25) is 4.79 Å². The van der Waals surface area contributed by atoms with Gasteiger partial charge in [0.15, 0.2) is 5.78 Å². The summed E-state index contributed by atoms with van der Waals surface area (Å²) < 4.78 is 5.15. The average molecular weight is 312 g/mol. The number of ketones is 1. The van der Waals surface area contributed by atoms with Gasteiger partial charge >= 0.3 is 6.09 Å². The van der Waals surface area contributed by atoms with Gasteiger partial charge in [0.1, 0.15) is 11.3 Å². The maximum atomic E-state index is 11.4. The number of nitrogens with one attached hydrogen (secondary N) is 1. The van der Waals surface area contributed by atoms with Crippen molar-refractivity contribution in [3.63, 3.8) is 0 Å². The molecule has 1 aromatic heterocycles. The molecule has 21 heavy (non-hydrogen) atoms. The van der Waals surface area contributed by atoms with Crippen molar-refractivity contribution in [2.24, 2.45) is 0 Å². The zero-order chi connectivity index (χ0) is 16.0. The zero-order valence-electron chi connectivity index (χ0n) is 13.4. The summed E-state index contributed by atoms with van der Waals surface area (Å²) in [7, 11) is 0. The molecule has 0 aliphatic carbocycles. The highest BCUT2D eigenvalue weighted by Crippen LogP contribution is 2.19. The SMILES string of the molecule is CC(=O)c1nc(CCCCNC(=O)OC(C)(C)C)sc1C. The predicted octanol–water partition coefficient (Wildman–Crippen LogP) is 3.50. The summed E-state index contributed by atoms with van der Waals surface area (Å²) in [5, 5.41) is 3.71. The molecule has 0 aromatic carbocycles. The first-order chi connectivity index (χ1) is 9.69. The highest BCUT2D eigenvalue weighted by atomic mass is 32.1. The zero-order valence-corrected chi connectivity index (χ0v) is 14.2. The minimum Gasteiger partial charge on any atom is -0.444 e. The number of aryl methyl sites for hydroxylation is 2. The molecule has 0 atom stereocenters. The second-order valence-electron chi connectivity index (χ2n) is 5.95. The van der Waals surface area contributed by atoms with Crippen LogP contribution in [0.3, 0.4) is 0 Å². The Bertz CT molecular complexity index is 504. The lowest BCUT2D eigenvalue weighted by molar-refractivity contribution is 0.0527. The lowest BCUT2D eigenvalue weighted by atomic mass is 10.2. The molecule has 5 nitrogen and oxygen atoms in total. The van der Waals surface area contributed by atoms with Gasteiger partial charge in [-0.15, -0.1) is 11.3 Å². The number of hydrogen-bond acceptors (Lipinski definition) is 5. The van der Waals surface area contributed by atoms with Crippen molar-refractivity contribution in [3.05, 3.63) is 15.6 Å². The minimum absolute atomic E-state index is 0.0154. The molecule has 6 heteroatoms. The Hall–Kier alpha value is -1.43. The quantitative estimate of drug-likeness (QED) is 0.645. The predicted molar refractivity (Wildman–Crippen MR) is 84.0 cm³/mol. The molecule has 0 saturated carbocycles. The topological polar surface area (TPSA) is 68.3 Å². The number of carbonyl (C=O) groups is 2. The van der Waals surface area contributed by atoms with E-state index in [-0.39, 0.29) is 11.9 Å². The maximum Gasteiger partial charge on any atom is 0.407 e. The van der Waals surface area contributed by atoms with Gasteiger partial charge in [0.2, 0.25) is 0 Å². The number of hydrogen-bond donors (Lipinski definition) is 1. The molecule has 0 saturated heterocycles. The Kier molecular flexibility index (Phi) is 6.33. The first kappa shape index (κ1) is 17.6. The third-order valence-corrected chi connectivity index (χ3v) is 3.69. The van der Waals surface area contributed by atoms with Crippen LogP contribution in [0.1, 0.15) is 60.9 Å². The molecular weight excluding hydrogens is 288 g/mol. The molecule has 1 amide bonds. The average Bonchev–Trinajstić information content (AvgIpc) is 2.68. The first-order valence-corrected chi connectivity index (χ1v) is 7.95. The number of nitrogens with zero attached hydrogens (tertiary/aromatic N) is 1. The van der Waals surface area contributed by atoms with Crippen molar-refractivity contribution >= 4 is 23.2 Å². The van der Waals surface area contributed by atoms with E-state index in [0.717, 1.165) is 29.1 Å². The van der Waals surface area contributed by atoms with E-state index in [2.05, 4.69) is 10.3 Å². The molecule has 1 rings (SSSR count). The fraction of sp³-hybridized carbons (Fsp3) is 0.667. The fourth-order valence-corrected chi connectivity index (χ4v) is 2.81. The monoisotopic (exact) mass is 312 g/mol. The second kappa shape index (κ2) is 7.54. The van der Waals surface area contributed by atoms with Crippen LogP contribution in [0.4, 0.5) is 4.79 Å². The molecule has 0 unspecified atom stereocenters. The van der Waals surface area contributed by atoms with Crippen LogP contribution in [0.5, 0.6) is 0 Å². The van der Waals surface area contributed by atoms with Crippen LogP contribution in [-0.2, 0) is 11.2 Å². The van der Waals surface area contributed by atoms with E-state index in [1.807, 2.05) is 27.7 Å². The van der Waals surface area contributed by atoms with Gasteiger partial charge in [0.25, 0.3) is 0 Å². The van der Waals surface area contributed by atoms with E-state index >= 15 is 0 Å². The standard InChI is InChI=1S/C15H24N2O3S/c1-10(18)13-11(2)21-12(17-13)8-6-7-9-16-14(19)20-15(3,4)5/h6-9H2,1-5H3,(H,16,19). The Morgan fingerprint density at radius 2 is 1.95 bits per heavy atom. The van der Waals surface area contributed by atoms with Crippen LogP contribution in [0.15, 0.2) is 0 Å². The number of carbonyl (C=O) groups excluding carboxylic acids is 2. The Morgan fingerprint density at radius 1 is 1.29 bits per heavy atom. The molecule has 1 heterocycles. The van der Waals surface area contributed by atoms with Gasteiger partial charge < -0.3 is 10.1 Å². The van der Waals surface area contributed by atoms with Gasteiger partial charge in [0.05, 0.1) is 5.01 Å². The summed E-state index contributed by atoms with van der Waals surface area (Å²) in [6.45, 7) is 9.55. The van der Waals surface area contributed by atoms with Crippen LogP contribution in [0.25, 0.3) is 0 Å². The van der Waals surface area contributed by atoms with Gasteiger partial charge in [0, 0.05) is 18.3 Å². The molecule has 0 aliphatic heterocycles. The van der Waals surface area contributed by atoms with E-state index in [4.69, 9.17) is 4.74 Å². The number of rotatable bonds is 6. The normalized spacial score (nSPS) is 11.3. The largest absolute Gasteiger partial charge is 0.444 e. The number of alkyl carbamates (subject to hydrolysis) is 1. The van der Waals surface area contributed by atoms with Crippen LogP contribution in [0, 0.1) is 6.92 Å². The highest BCUT2D eigenvalue weighted by Gasteiger charge is 2.15. The molecule has 1 aromatic rings. The van der Waals surface area contributed by atoms with Gasteiger partial charge in [-0.05, 0) is 47.0 Å². The van der Waals surface area contributed by atoms with Crippen LogP contribution in [-0.4, -0.2) is 29.0 Å². The molecule has 0 radical (unpaired) electrons. The van der Waals surface area contributed by atoms with Crippen molar-refractivity contribution in [1.82, 2.24) is 10.3 Å². The molecule has 0 bridgehead atoms. The Morgan fingerprint density at radius 3 is 2.48 bits per heavy atom. The number of ether oxygens (including phenoxy) is 1. The van der Waals surface area contributed by atoms with E-state index in [1.54, 1.807) is 11.3 Å². The Labute approximate surface area is 130 Å². The maximum absolute atomic E-state index is 11.4. The number of thiazole rings is 1. The van der Waals surface area contributed by atoms with Crippen LogP contribution < -0.4 is 5.32 Å². The van der Waals surface area contributed by atoms with Crippen molar-refractivity contribution in [1.29, 1.82) is 0 Å². The number of amides is 1. The number of unbranched alkanes of at least 4 members (excludes halogenated alkanes) is 1. The van der Waals surface area contributed by atoms with E-state index < -0.39 is 5.60 Å². The van der Waals surface area contributed by atoms with Crippen molar-refractivity contribution in [2.45, 2.75) is 59.5 Å². The third-order valence-electron chi connectivity index (χ3n) is 2.66. The molecular formula is C15H24N2O3S. The molecule has 118 valence electrons. The van der Waals surface area contributed by atoms with Crippen molar-refractivity contribution < 1.29 is 14.3 Å². The summed E-state index contributed by atoms with van der Waals surface area (Å²) in [5.41, 5.74) is 0.118. The number of Topliss-reactive ketones (excluding diaryl/α,β-unsaturated/α-hetero) is 1. The smallest absolute Gasteiger partial charge is 0.407 e. The van der Waals surface area contributed by atoms with Crippen LogP contribution in [0.2, 0.25) is 0 Å². The van der Waals surface area contributed by atoms with E-state index in [9.17, 15) is 9.59 Å². The van der Waals surface area contributed by atoms with Gasteiger partial charge in [-0.2, -0.15) is 0 Å². The van der Waals surface area contributed by atoms with E-state index in [0.29, 0.717) is 12.2 Å². The molecule has 0 spiro atoms. The summed E-state index contributed by atoms with van der Waals surface area (Å²) in [6.07, 6.45) is 2.22. The second-order valence-corrected chi connectivity index (χ2v) is 7.24. The van der Waals surface area contributed by atoms with Crippen LogP contribution >= 0.6 is 11.3 Å². The molecule has 1 N–H and O–H groups in total. The summed E-state index contributed by atoms with van der Waals surface area (Å²) in [5.74, 6) is 0.0154. The Balaban J connectivity index is 2.24. The summed E-state index contributed by atoms with van der Waals surface area (Å²) in [6, 6.07) is 0. The minimum atomic E-state index is -0.467. The molecule has 0 aliphatic rings. The lowest BCUT2D eigenvalue weighted by Crippen LogP contribution is -2.33. The van der Waals surface area contributed by atoms with Gasteiger partial charge in [-0.1, -0.05) is 0 Å². The summed E-state index contributed by atoms with van der Waals surface area (Å²) in [4.78, 5) is 28.1. The van der Waals surface area contributed by atoms with Crippen molar-refractivity contribution in [3.8, 4) is 0 Å².